The van der Waals surface area contributed by atoms with Crippen molar-refractivity contribution in [2.75, 3.05) is 18.4 Å². The molecule has 0 aromatic carbocycles. The number of carbonyl (C=O) groups excluding carboxylic acids is 1. The number of anilines is 1. The number of hydrogen-bond acceptors (Lipinski definition) is 4. The van der Waals surface area contributed by atoms with Crippen LogP contribution in [-0.4, -0.2) is 43.5 Å². The Kier molecular flexibility index (Phi) is 4.57. The van der Waals surface area contributed by atoms with E-state index in [1.807, 2.05) is 28.7 Å². The van der Waals surface area contributed by atoms with E-state index in [0.717, 1.165) is 38.0 Å². The van der Waals surface area contributed by atoms with E-state index in [2.05, 4.69) is 26.6 Å². The van der Waals surface area contributed by atoms with Gasteiger partial charge in [0, 0.05) is 30.9 Å². The normalized spacial score (nSPS) is 21.9. The Morgan fingerprint density at radius 1 is 1.24 bits per heavy atom. The van der Waals surface area contributed by atoms with E-state index in [9.17, 15) is 4.79 Å². The predicted molar refractivity (Wildman–Crippen MR) is 95.1 cm³/mol. The van der Waals surface area contributed by atoms with E-state index in [1.54, 1.807) is 6.20 Å². The van der Waals surface area contributed by atoms with Gasteiger partial charge in [0.1, 0.15) is 5.82 Å². The smallest absolute Gasteiger partial charge is 0.239 e. The Bertz CT molecular complexity index is 730. The highest BCUT2D eigenvalue weighted by Gasteiger charge is 2.29. The molecule has 2 fully saturated rings. The fraction of sp³-hybridized carbons (Fsp3) is 0.611. The zero-order valence-corrected chi connectivity index (χ0v) is 14.8. The number of amides is 1. The fourth-order valence-electron chi connectivity index (χ4n) is 4.22. The van der Waals surface area contributed by atoms with Gasteiger partial charge in [0.2, 0.25) is 5.91 Å². The first kappa shape index (κ1) is 16.3. The monoisotopic (exact) mass is 342 g/mol. The first-order chi connectivity index (χ1) is 12.2. The van der Waals surface area contributed by atoms with Gasteiger partial charge in [0.25, 0.3) is 0 Å². The van der Waals surface area contributed by atoms with Crippen molar-refractivity contribution in [1.82, 2.24) is 24.5 Å². The van der Waals surface area contributed by atoms with Crippen LogP contribution in [0.25, 0.3) is 0 Å². The molecule has 2 aliphatic rings. The van der Waals surface area contributed by atoms with E-state index in [0.29, 0.717) is 18.6 Å². The molecule has 1 aliphatic carbocycles. The number of carbonyl (C=O) groups is 1. The molecule has 2 aromatic rings. The summed E-state index contributed by atoms with van der Waals surface area (Å²) >= 11 is 0. The summed E-state index contributed by atoms with van der Waals surface area (Å²) in [5, 5.41) is 11.8. The molecule has 1 saturated carbocycles. The molecule has 1 amide bonds. The molecule has 1 aliphatic heterocycles. The third-order valence-electron chi connectivity index (χ3n) is 5.43. The minimum atomic E-state index is 0.0375. The summed E-state index contributed by atoms with van der Waals surface area (Å²) in [5.41, 5.74) is 1.20. The standard InChI is InChI=1S/C18H26N6O/c1-22-12-14(11-20-22)16-7-4-10-23(16)13-18(25)21-17-8-9-19-24(17)15-5-2-3-6-15/h8-9,11-12,15-16H,2-7,10,13H2,1H3,(H,21,25). The SMILES string of the molecule is Cn1cc(C2CCCN2CC(=O)Nc2ccnn2C2CCCC2)cn1. The highest BCUT2D eigenvalue weighted by Crippen LogP contribution is 2.32. The number of nitrogens with one attached hydrogen (secondary N) is 1. The molecular formula is C18H26N6O. The topological polar surface area (TPSA) is 68.0 Å². The lowest BCUT2D eigenvalue weighted by Gasteiger charge is -2.23. The van der Waals surface area contributed by atoms with Crippen molar-refractivity contribution in [3.05, 3.63) is 30.2 Å². The second-order valence-corrected chi connectivity index (χ2v) is 7.22. The second-order valence-electron chi connectivity index (χ2n) is 7.22. The molecule has 2 aromatic heterocycles. The summed E-state index contributed by atoms with van der Waals surface area (Å²) in [6, 6.07) is 2.62. The van der Waals surface area contributed by atoms with Gasteiger partial charge in [-0.25, -0.2) is 4.68 Å². The molecule has 7 heteroatoms. The van der Waals surface area contributed by atoms with E-state index in [4.69, 9.17) is 0 Å². The Labute approximate surface area is 148 Å². The number of aryl methyl sites for hydroxylation is 1. The maximum absolute atomic E-state index is 12.6. The fourth-order valence-corrected chi connectivity index (χ4v) is 4.22. The molecule has 3 heterocycles. The molecule has 134 valence electrons. The second kappa shape index (κ2) is 7.00. The largest absolute Gasteiger partial charge is 0.310 e. The van der Waals surface area contributed by atoms with Crippen molar-refractivity contribution in [1.29, 1.82) is 0 Å². The molecule has 4 rings (SSSR count). The van der Waals surface area contributed by atoms with Gasteiger partial charge in [-0.1, -0.05) is 12.8 Å². The number of rotatable bonds is 5. The van der Waals surface area contributed by atoms with Gasteiger partial charge in [0.15, 0.2) is 0 Å². The van der Waals surface area contributed by atoms with Crippen LogP contribution in [0, 0.1) is 0 Å². The maximum Gasteiger partial charge on any atom is 0.239 e. The van der Waals surface area contributed by atoms with Gasteiger partial charge in [-0.05, 0) is 32.2 Å². The van der Waals surface area contributed by atoms with Crippen molar-refractivity contribution in [2.45, 2.75) is 50.6 Å². The van der Waals surface area contributed by atoms with Crippen LogP contribution >= 0.6 is 0 Å². The van der Waals surface area contributed by atoms with Crippen molar-refractivity contribution < 1.29 is 4.79 Å². The van der Waals surface area contributed by atoms with Crippen molar-refractivity contribution in [3.8, 4) is 0 Å². The summed E-state index contributed by atoms with van der Waals surface area (Å²) in [6.07, 6.45) is 12.7. The molecule has 0 bridgehead atoms. The number of likely N-dealkylation sites (tertiary alicyclic amines) is 1. The third kappa shape index (κ3) is 3.46. The van der Waals surface area contributed by atoms with Gasteiger partial charge in [0.05, 0.1) is 25.0 Å². The maximum atomic E-state index is 12.6. The van der Waals surface area contributed by atoms with E-state index in [1.165, 1.54) is 18.4 Å². The lowest BCUT2D eigenvalue weighted by atomic mass is 10.1. The van der Waals surface area contributed by atoms with E-state index < -0.39 is 0 Å². The van der Waals surface area contributed by atoms with Gasteiger partial charge >= 0.3 is 0 Å². The van der Waals surface area contributed by atoms with Gasteiger partial charge < -0.3 is 5.32 Å². The number of aromatic nitrogens is 4. The van der Waals surface area contributed by atoms with Gasteiger partial charge in [-0.15, -0.1) is 0 Å². The van der Waals surface area contributed by atoms with Gasteiger partial charge in [-0.3, -0.25) is 14.4 Å². The average molecular weight is 342 g/mol. The minimum Gasteiger partial charge on any atom is -0.310 e. The Morgan fingerprint density at radius 2 is 2.08 bits per heavy atom. The zero-order chi connectivity index (χ0) is 17.2. The summed E-state index contributed by atoms with van der Waals surface area (Å²) < 4.78 is 3.82. The third-order valence-corrected chi connectivity index (χ3v) is 5.43. The quantitative estimate of drug-likeness (QED) is 0.906. The van der Waals surface area contributed by atoms with Crippen LogP contribution in [0.5, 0.6) is 0 Å². The molecule has 0 radical (unpaired) electrons. The predicted octanol–water partition coefficient (Wildman–Crippen LogP) is 2.51. The molecule has 1 saturated heterocycles. The van der Waals surface area contributed by atoms with E-state index >= 15 is 0 Å². The van der Waals surface area contributed by atoms with Crippen molar-refractivity contribution >= 4 is 11.7 Å². The van der Waals surface area contributed by atoms with Crippen molar-refractivity contribution in [3.63, 3.8) is 0 Å². The Hall–Kier alpha value is -2.15. The zero-order valence-electron chi connectivity index (χ0n) is 14.8. The lowest BCUT2D eigenvalue weighted by Crippen LogP contribution is -2.33. The molecule has 1 N–H and O–H groups in total. The number of nitrogens with zero attached hydrogens (tertiary/aromatic N) is 5. The molecule has 1 unspecified atom stereocenters. The molecule has 0 spiro atoms. The number of hydrogen-bond donors (Lipinski definition) is 1. The summed E-state index contributed by atoms with van der Waals surface area (Å²) in [4.78, 5) is 14.9. The summed E-state index contributed by atoms with van der Waals surface area (Å²) in [5.74, 6) is 0.865. The minimum absolute atomic E-state index is 0.0375. The van der Waals surface area contributed by atoms with Crippen LogP contribution in [0.1, 0.15) is 56.2 Å². The van der Waals surface area contributed by atoms with Crippen LogP contribution in [0.15, 0.2) is 24.7 Å². The molecule has 1 atom stereocenters. The first-order valence-electron chi connectivity index (χ1n) is 9.26. The molecule has 7 nitrogen and oxygen atoms in total. The Balaban J connectivity index is 1.40. The molecular weight excluding hydrogens is 316 g/mol. The highest BCUT2D eigenvalue weighted by atomic mass is 16.2. The average Bonchev–Trinajstić information content (AvgIpc) is 3.33. The van der Waals surface area contributed by atoms with Crippen LogP contribution in [-0.2, 0) is 11.8 Å². The van der Waals surface area contributed by atoms with Crippen molar-refractivity contribution in [2.24, 2.45) is 7.05 Å². The first-order valence-corrected chi connectivity index (χ1v) is 9.26. The molecule has 25 heavy (non-hydrogen) atoms. The van der Waals surface area contributed by atoms with Crippen LogP contribution in [0.2, 0.25) is 0 Å². The van der Waals surface area contributed by atoms with Crippen LogP contribution in [0.4, 0.5) is 5.82 Å². The summed E-state index contributed by atoms with van der Waals surface area (Å²) in [6.45, 7) is 1.37. The lowest BCUT2D eigenvalue weighted by molar-refractivity contribution is -0.117. The van der Waals surface area contributed by atoms with E-state index in [-0.39, 0.29) is 5.91 Å². The summed E-state index contributed by atoms with van der Waals surface area (Å²) in [7, 11) is 1.93. The van der Waals surface area contributed by atoms with Crippen LogP contribution < -0.4 is 5.32 Å². The highest BCUT2D eigenvalue weighted by molar-refractivity contribution is 5.91. The Morgan fingerprint density at radius 3 is 2.84 bits per heavy atom. The van der Waals surface area contributed by atoms with Gasteiger partial charge in [-0.2, -0.15) is 10.2 Å². The van der Waals surface area contributed by atoms with Crippen LogP contribution in [0.3, 0.4) is 0 Å².